The maximum absolute atomic E-state index is 5.78. The van der Waals surface area contributed by atoms with E-state index in [0.717, 1.165) is 66.5 Å². The molecule has 1 aliphatic heterocycles. The van der Waals surface area contributed by atoms with Gasteiger partial charge in [0.25, 0.3) is 0 Å². The lowest BCUT2D eigenvalue weighted by atomic mass is 10.1. The summed E-state index contributed by atoms with van der Waals surface area (Å²) in [4.78, 5) is 9.79. The fraction of sp³-hybridized carbons (Fsp3) is 0.435. The van der Waals surface area contributed by atoms with E-state index in [9.17, 15) is 0 Å². The molecular formula is C23H29N3O3. The van der Waals surface area contributed by atoms with Gasteiger partial charge in [-0.2, -0.15) is 0 Å². The fourth-order valence-corrected chi connectivity index (χ4v) is 3.60. The normalized spacial score (nSPS) is 16.3. The van der Waals surface area contributed by atoms with Gasteiger partial charge in [0.05, 0.1) is 18.1 Å². The topological polar surface area (TPSA) is 51.0 Å². The predicted octanol–water partition coefficient (Wildman–Crippen LogP) is 4.05. The summed E-state index contributed by atoms with van der Waals surface area (Å²) < 4.78 is 16.8. The molecule has 0 unspecified atom stereocenters. The average molecular weight is 396 g/mol. The van der Waals surface area contributed by atoms with Gasteiger partial charge in [0.2, 0.25) is 0 Å². The number of hydrogen-bond acceptors (Lipinski definition) is 6. The van der Waals surface area contributed by atoms with Crippen molar-refractivity contribution in [1.29, 1.82) is 0 Å². The van der Waals surface area contributed by atoms with Crippen molar-refractivity contribution in [3.8, 4) is 17.0 Å². The average Bonchev–Trinajstić information content (AvgIpc) is 3.26. The molecule has 1 saturated heterocycles. The molecule has 3 aromatic rings. The maximum Gasteiger partial charge on any atom is 0.176 e. The number of pyridine rings is 1. The van der Waals surface area contributed by atoms with Crippen molar-refractivity contribution in [2.75, 3.05) is 51.3 Å². The molecule has 6 heteroatoms. The third-order valence-electron chi connectivity index (χ3n) is 5.57. The second-order valence-corrected chi connectivity index (χ2v) is 7.47. The molecule has 0 amide bonds. The highest BCUT2D eigenvalue weighted by Gasteiger charge is 2.21. The van der Waals surface area contributed by atoms with Crippen molar-refractivity contribution in [2.24, 2.45) is 0 Å². The van der Waals surface area contributed by atoms with Crippen LogP contribution in [0.5, 0.6) is 5.75 Å². The van der Waals surface area contributed by atoms with Crippen LogP contribution in [-0.4, -0.2) is 62.4 Å². The van der Waals surface area contributed by atoms with Gasteiger partial charge in [-0.3, -0.25) is 0 Å². The van der Waals surface area contributed by atoms with E-state index in [-0.39, 0.29) is 6.10 Å². The number of anilines is 1. The third kappa shape index (κ3) is 4.38. The Balaban J connectivity index is 1.58. The summed E-state index contributed by atoms with van der Waals surface area (Å²) in [6.07, 6.45) is 1.81. The van der Waals surface area contributed by atoms with Crippen LogP contribution in [0.1, 0.15) is 13.8 Å². The van der Waals surface area contributed by atoms with Gasteiger partial charge in [-0.1, -0.05) is 6.92 Å². The standard InChI is InChI=1S/C23H29N3O3/c1-4-25-10-12-26(13-11-25)23-22-19(9-14-28-22)15-21(24-23)18-5-7-20(8-6-18)29-16-17(2)27-3/h5-9,14-15,17H,4,10-13,16H2,1-3H3/t17-/m0/s1. The molecule has 0 spiro atoms. The Bertz CT molecular complexity index is 930. The molecule has 0 aliphatic carbocycles. The number of likely N-dealkylation sites (N-methyl/N-ethyl adjacent to an activating group) is 1. The van der Waals surface area contributed by atoms with E-state index in [2.05, 4.69) is 34.9 Å². The van der Waals surface area contributed by atoms with Crippen LogP contribution >= 0.6 is 0 Å². The van der Waals surface area contributed by atoms with Crippen molar-refractivity contribution < 1.29 is 13.9 Å². The summed E-state index contributed by atoms with van der Waals surface area (Å²) in [6, 6.07) is 12.2. The zero-order valence-corrected chi connectivity index (χ0v) is 17.4. The smallest absolute Gasteiger partial charge is 0.176 e. The Morgan fingerprint density at radius 2 is 1.86 bits per heavy atom. The number of ether oxygens (including phenoxy) is 2. The number of methoxy groups -OCH3 is 1. The lowest BCUT2D eigenvalue weighted by Crippen LogP contribution is -2.46. The van der Waals surface area contributed by atoms with Crippen LogP contribution in [0.25, 0.3) is 22.2 Å². The first-order chi connectivity index (χ1) is 14.2. The minimum absolute atomic E-state index is 0.0653. The van der Waals surface area contributed by atoms with Gasteiger partial charge in [0.15, 0.2) is 11.4 Å². The Kier molecular flexibility index (Phi) is 6.02. The Hall–Kier alpha value is -2.57. The summed E-state index contributed by atoms with van der Waals surface area (Å²) in [6.45, 7) is 9.85. The Labute approximate surface area is 172 Å². The Morgan fingerprint density at radius 3 is 2.55 bits per heavy atom. The van der Waals surface area contributed by atoms with Gasteiger partial charge in [0, 0.05) is 44.2 Å². The van der Waals surface area contributed by atoms with Crippen LogP contribution < -0.4 is 9.64 Å². The number of aromatic nitrogens is 1. The first-order valence-corrected chi connectivity index (χ1v) is 10.3. The summed E-state index contributed by atoms with van der Waals surface area (Å²) in [5.74, 6) is 1.77. The van der Waals surface area contributed by atoms with Crippen LogP contribution in [0, 0.1) is 0 Å². The van der Waals surface area contributed by atoms with Gasteiger partial charge in [-0.25, -0.2) is 4.98 Å². The minimum Gasteiger partial charge on any atom is -0.491 e. The van der Waals surface area contributed by atoms with E-state index >= 15 is 0 Å². The SMILES string of the molecule is CCN1CCN(c2nc(-c3ccc(OC[C@H](C)OC)cc3)cc3ccoc23)CC1. The molecule has 4 rings (SSSR count). The van der Waals surface area contributed by atoms with Crippen molar-refractivity contribution in [2.45, 2.75) is 20.0 Å². The molecular weight excluding hydrogens is 366 g/mol. The monoisotopic (exact) mass is 395 g/mol. The van der Waals surface area contributed by atoms with Crippen molar-refractivity contribution in [1.82, 2.24) is 9.88 Å². The van der Waals surface area contributed by atoms with E-state index in [1.165, 1.54) is 0 Å². The highest BCUT2D eigenvalue weighted by atomic mass is 16.5. The molecule has 0 N–H and O–H groups in total. The second kappa shape index (κ2) is 8.84. The van der Waals surface area contributed by atoms with Crippen LogP contribution in [0.3, 0.4) is 0 Å². The highest BCUT2D eigenvalue weighted by Crippen LogP contribution is 2.32. The molecule has 0 radical (unpaired) electrons. The molecule has 1 atom stereocenters. The number of rotatable bonds is 7. The number of piperazine rings is 1. The summed E-state index contributed by atoms with van der Waals surface area (Å²) in [5.41, 5.74) is 2.88. The molecule has 0 saturated carbocycles. The van der Waals surface area contributed by atoms with Crippen LogP contribution in [-0.2, 0) is 4.74 Å². The lowest BCUT2D eigenvalue weighted by Gasteiger charge is -2.34. The first-order valence-electron chi connectivity index (χ1n) is 10.3. The molecule has 0 bridgehead atoms. The van der Waals surface area contributed by atoms with Gasteiger partial charge in [-0.05, 0) is 49.9 Å². The number of nitrogens with zero attached hydrogens (tertiary/aromatic N) is 3. The van der Waals surface area contributed by atoms with Gasteiger partial charge in [-0.15, -0.1) is 0 Å². The summed E-state index contributed by atoms with van der Waals surface area (Å²) in [7, 11) is 1.69. The van der Waals surface area contributed by atoms with Crippen LogP contribution in [0.15, 0.2) is 47.1 Å². The largest absolute Gasteiger partial charge is 0.491 e. The van der Waals surface area contributed by atoms with Crippen molar-refractivity contribution >= 4 is 16.8 Å². The molecule has 2 aromatic heterocycles. The van der Waals surface area contributed by atoms with Gasteiger partial charge in [0.1, 0.15) is 12.4 Å². The molecule has 6 nitrogen and oxygen atoms in total. The van der Waals surface area contributed by atoms with Gasteiger partial charge < -0.3 is 23.7 Å². The highest BCUT2D eigenvalue weighted by molar-refractivity contribution is 5.90. The Morgan fingerprint density at radius 1 is 1.10 bits per heavy atom. The number of furan rings is 1. The zero-order valence-electron chi connectivity index (χ0n) is 17.4. The lowest BCUT2D eigenvalue weighted by molar-refractivity contribution is 0.0717. The molecule has 3 heterocycles. The number of benzene rings is 1. The molecule has 1 fully saturated rings. The van der Waals surface area contributed by atoms with Crippen molar-refractivity contribution in [3.05, 3.63) is 42.7 Å². The molecule has 1 aromatic carbocycles. The van der Waals surface area contributed by atoms with Crippen LogP contribution in [0.2, 0.25) is 0 Å². The predicted molar refractivity (Wildman–Crippen MR) is 116 cm³/mol. The van der Waals surface area contributed by atoms with Gasteiger partial charge >= 0.3 is 0 Å². The minimum atomic E-state index is 0.0653. The third-order valence-corrected chi connectivity index (χ3v) is 5.57. The number of hydrogen-bond donors (Lipinski definition) is 0. The maximum atomic E-state index is 5.78. The van der Waals surface area contributed by atoms with E-state index < -0.39 is 0 Å². The number of fused-ring (bicyclic) bond motifs is 1. The zero-order chi connectivity index (χ0) is 20.2. The van der Waals surface area contributed by atoms with Crippen LogP contribution in [0.4, 0.5) is 5.82 Å². The van der Waals surface area contributed by atoms with E-state index in [1.54, 1.807) is 13.4 Å². The van der Waals surface area contributed by atoms with E-state index in [0.29, 0.717) is 6.61 Å². The van der Waals surface area contributed by atoms with E-state index in [1.807, 2.05) is 25.1 Å². The molecule has 1 aliphatic rings. The first kappa shape index (κ1) is 19.7. The quantitative estimate of drug-likeness (QED) is 0.602. The fourth-order valence-electron chi connectivity index (χ4n) is 3.60. The molecule has 29 heavy (non-hydrogen) atoms. The summed E-state index contributed by atoms with van der Waals surface area (Å²) in [5, 5.41) is 1.08. The molecule has 154 valence electrons. The van der Waals surface area contributed by atoms with E-state index in [4.69, 9.17) is 18.9 Å². The van der Waals surface area contributed by atoms with Crippen molar-refractivity contribution in [3.63, 3.8) is 0 Å². The second-order valence-electron chi connectivity index (χ2n) is 7.47. The summed E-state index contributed by atoms with van der Waals surface area (Å²) >= 11 is 0.